The Morgan fingerprint density at radius 2 is 1.62 bits per heavy atom. The number of hydrogen-bond donors (Lipinski definition) is 0. The summed E-state index contributed by atoms with van der Waals surface area (Å²) in [4.78, 5) is 45.2. The third-order valence-electron chi connectivity index (χ3n) is 4.11. The molecule has 10 nitrogen and oxygen atoms in total. The van der Waals surface area contributed by atoms with Gasteiger partial charge in [0.15, 0.2) is 12.4 Å². The van der Waals surface area contributed by atoms with Gasteiger partial charge >= 0.3 is 23.9 Å². The molecule has 0 unspecified atom stereocenters. The van der Waals surface area contributed by atoms with Gasteiger partial charge in [0.25, 0.3) is 0 Å². The quantitative estimate of drug-likeness (QED) is 0.275. The van der Waals surface area contributed by atoms with Crippen LogP contribution in [0.5, 0.6) is 0 Å². The molecule has 0 radical (unpaired) electrons. The Morgan fingerprint density at radius 1 is 0.931 bits per heavy atom. The summed E-state index contributed by atoms with van der Waals surface area (Å²) >= 11 is 0. The van der Waals surface area contributed by atoms with Crippen LogP contribution in [0.1, 0.15) is 52.9 Å². The normalized spacial score (nSPS) is 23.7. The highest BCUT2D eigenvalue weighted by Gasteiger charge is 2.44. The molecule has 0 aromatic heterocycles. The second-order valence-electron chi connectivity index (χ2n) is 6.62. The average Bonchev–Trinajstić information content (AvgIpc) is 2.63. The molecule has 0 aliphatic carbocycles. The fourth-order valence-electron chi connectivity index (χ4n) is 2.87. The van der Waals surface area contributed by atoms with Crippen LogP contribution in [0.3, 0.4) is 0 Å². The molecule has 0 bridgehead atoms. The van der Waals surface area contributed by atoms with Gasteiger partial charge in [-0.05, 0) is 12.8 Å². The van der Waals surface area contributed by atoms with Crippen molar-refractivity contribution in [2.45, 2.75) is 77.5 Å². The standard InChI is InChI=1S/C19H30O10/c1-12(20)26-11-16-19(28-14(3)22)15(27-13(2)21)10-18(29-16)25-9-7-5-6-8-17(23)24-4/h15-16,18-19H,5-11H2,1-4H3/t15-,16+,18-,19-/m0/s1. The highest BCUT2D eigenvalue weighted by Crippen LogP contribution is 2.27. The van der Waals surface area contributed by atoms with E-state index in [0.29, 0.717) is 25.9 Å². The first kappa shape index (κ1) is 24.8. The highest BCUT2D eigenvalue weighted by molar-refractivity contribution is 5.69. The maximum atomic E-state index is 11.5. The topological polar surface area (TPSA) is 124 Å². The van der Waals surface area contributed by atoms with Gasteiger partial charge in [-0.15, -0.1) is 0 Å². The van der Waals surface area contributed by atoms with Gasteiger partial charge in [-0.3, -0.25) is 19.2 Å². The van der Waals surface area contributed by atoms with Gasteiger partial charge in [0.2, 0.25) is 0 Å². The summed E-state index contributed by atoms with van der Waals surface area (Å²) < 4.78 is 31.6. The zero-order valence-electron chi connectivity index (χ0n) is 17.3. The van der Waals surface area contributed by atoms with E-state index in [1.54, 1.807) is 0 Å². The van der Waals surface area contributed by atoms with Gasteiger partial charge in [0.05, 0.1) is 7.11 Å². The number of rotatable bonds is 11. The van der Waals surface area contributed by atoms with E-state index in [4.69, 9.17) is 23.7 Å². The first-order chi connectivity index (χ1) is 13.7. The number of hydrogen-bond acceptors (Lipinski definition) is 10. The molecule has 1 aliphatic heterocycles. The summed E-state index contributed by atoms with van der Waals surface area (Å²) in [5.74, 6) is -1.89. The maximum absolute atomic E-state index is 11.5. The maximum Gasteiger partial charge on any atom is 0.305 e. The summed E-state index contributed by atoms with van der Waals surface area (Å²) in [7, 11) is 1.35. The van der Waals surface area contributed by atoms with Crippen LogP contribution in [0.4, 0.5) is 0 Å². The van der Waals surface area contributed by atoms with Crippen LogP contribution in [0.15, 0.2) is 0 Å². The molecule has 4 atom stereocenters. The molecule has 0 saturated carbocycles. The Labute approximate surface area is 170 Å². The number of unbranched alkanes of at least 4 members (excludes halogenated alkanes) is 2. The van der Waals surface area contributed by atoms with Crippen LogP contribution in [0.2, 0.25) is 0 Å². The lowest BCUT2D eigenvalue weighted by Gasteiger charge is -2.39. The number of esters is 4. The van der Waals surface area contributed by atoms with Gasteiger partial charge < -0.3 is 28.4 Å². The van der Waals surface area contributed by atoms with Crippen LogP contribution in [-0.4, -0.2) is 68.8 Å². The minimum Gasteiger partial charge on any atom is -0.469 e. The second-order valence-corrected chi connectivity index (χ2v) is 6.62. The Bertz CT molecular complexity index is 561. The molecule has 1 rings (SSSR count). The molecule has 0 aromatic rings. The van der Waals surface area contributed by atoms with Gasteiger partial charge in [0, 0.05) is 40.2 Å². The van der Waals surface area contributed by atoms with Crippen molar-refractivity contribution in [1.82, 2.24) is 0 Å². The number of carbonyl (C=O) groups excluding carboxylic acids is 4. The molecule has 1 aliphatic rings. The van der Waals surface area contributed by atoms with Crippen molar-refractivity contribution in [2.24, 2.45) is 0 Å². The van der Waals surface area contributed by atoms with Gasteiger partial charge in [-0.2, -0.15) is 0 Å². The van der Waals surface area contributed by atoms with E-state index >= 15 is 0 Å². The smallest absolute Gasteiger partial charge is 0.305 e. The van der Waals surface area contributed by atoms with E-state index in [-0.39, 0.29) is 19.0 Å². The SMILES string of the molecule is COC(=O)CCCCCO[C@@H]1C[C@H](OC(C)=O)[C@H](OC(C)=O)[C@@H](COC(C)=O)O1. The van der Waals surface area contributed by atoms with E-state index in [2.05, 4.69) is 4.74 Å². The van der Waals surface area contributed by atoms with E-state index in [1.165, 1.54) is 27.9 Å². The molecular weight excluding hydrogens is 388 g/mol. The number of methoxy groups -OCH3 is 1. The predicted octanol–water partition coefficient (Wildman–Crippen LogP) is 1.28. The zero-order chi connectivity index (χ0) is 21.8. The van der Waals surface area contributed by atoms with Gasteiger partial charge in [0.1, 0.15) is 18.8 Å². The summed E-state index contributed by atoms with van der Waals surface area (Å²) in [5.41, 5.74) is 0. The Kier molecular flexibility index (Phi) is 11.2. The monoisotopic (exact) mass is 418 g/mol. The van der Waals surface area contributed by atoms with Crippen molar-refractivity contribution in [2.75, 3.05) is 20.3 Å². The van der Waals surface area contributed by atoms with Crippen molar-refractivity contribution in [3.8, 4) is 0 Å². The molecule has 0 amide bonds. The molecule has 10 heteroatoms. The van der Waals surface area contributed by atoms with Crippen LogP contribution in [0, 0.1) is 0 Å². The summed E-state index contributed by atoms with van der Waals surface area (Å²) in [6.45, 7) is 3.90. The fraction of sp³-hybridized carbons (Fsp3) is 0.789. The number of carbonyl (C=O) groups is 4. The van der Waals surface area contributed by atoms with E-state index in [1.807, 2.05) is 0 Å². The zero-order valence-corrected chi connectivity index (χ0v) is 17.3. The molecule has 1 heterocycles. The molecule has 0 N–H and O–H groups in total. The lowest BCUT2D eigenvalue weighted by Crippen LogP contribution is -2.54. The second kappa shape index (κ2) is 13.1. The fourth-order valence-corrected chi connectivity index (χ4v) is 2.87. The van der Waals surface area contributed by atoms with E-state index in [9.17, 15) is 19.2 Å². The summed E-state index contributed by atoms with van der Waals surface area (Å²) in [6.07, 6.45) is -0.640. The Balaban J connectivity index is 2.64. The highest BCUT2D eigenvalue weighted by atomic mass is 16.7. The molecular formula is C19H30O10. The van der Waals surface area contributed by atoms with E-state index in [0.717, 1.165) is 6.42 Å². The third kappa shape index (κ3) is 10.2. The molecule has 1 saturated heterocycles. The lowest BCUT2D eigenvalue weighted by atomic mass is 10.0. The van der Waals surface area contributed by atoms with Gasteiger partial charge in [-0.25, -0.2) is 0 Å². The minimum absolute atomic E-state index is 0.163. The van der Waals surface area contributed by atoms with Crippen molar-refractivity contribution < 1.29 is 47.6 Å². The van der Waals surface area contributed by atoms with Crippen molar-refractivity contribution >= 4 is 23.9 Å². The first-order valence-electron chi connectivity index (χ1n) is 9.54. The molecule has 29 heavy (non-hydrogen) atoms. The molecule has 166 valence electrons. The average molecular weight is 418 g/mol. The van der Waals surface area contributed by atoms with Crippen LogP contribution in [-0.2, 0) is 47.6 Å². The van der Waals surface area contributed by atoms with Crippen molar-refractivity contribution in [1.29, 1.82) is 0 Å². The molecule has 0 aromatic carbocycles. The van der Waals surface area contributed by atoms with Crippen LogP contribution < -0.4 is 0 Å². The first-order valence-corrected chi connectivity index (χ1v) is 9.54. The Morgan fingerprint density at radius 3 is 2.21 bits per heavy atom. The molecule has 1 fully saturated rings. The van der Waals surface area contributed by atoms with Crippen molar-refractivity contribution in [3.63, 3.8) is 0 Å². The lowest BCUT2D eigenvalue weighted by molar-refractivity contribution is -0.266. The molecule has 0 spiro atoms. The third-order valence-corrected chi connectivity index (χ3v) is 4.11. The van der Waals surface area contributed by atoms with Gasteiger partial charge in [-0.1, -0.05) is 6.42 Å². The summed E-state index contributed by atoms with van der Waals surface area (Å²) in [5, 5.41) is 0. The summed E-state index contributed by atoms with van der Waals surface area (Å²) in [6, 6.07) is 0. The minimum atomic E-state index is -0.921. The number of ether oxygens (including phenoxy) is 6. The predicted molar refractivity (Wildman–Crippen MR) is 97.5 cm³/mol. The van der Waals surface area contributed by atoms with Crippen LogP contribution in [0.25, 0.3) is 0 Å². The van der Waals surface area contributed by atoms with E-state index < -0.39 is 42.5 Å². The van der Waals surface area contributed by atoms with Crippen LogP contribution >= 0.6 is 0 Å². The largest absolute Gasteiger partial charge is 0.469 e. The Hall–Kier alpha value is -2.20. The van der Waals surface area contributed by atoms with Crippen molar-refractivity contribution in [3.05, 3.63) is 0 Å².